The Balaban J connectivity index is 2.66. The maximum absolute atomic E-state index is 12.3. The molecule has 158 valence electrons. The lowest BCUT2D eigenvalue weighted by atomic mass is 9.86. The Labute approximate surface area is 170 Å². The normalized spacial score (nSPS) is 14.2. The number of hydrogen-bond donors (Lipinski definition) is 2. The molecule has 1 aromatic rings. The van der Waals surface area contributed by atoms with Gasteiger partial charge in [-0.1, -0.05) is 71.9 Å². The zero-order chi connectivity index (χ0) is 21.4. The first-order chi connectivity index (χ1) is 12.9. The van der Waals surface area contributed by atoms with Crippen LogP contribution in [-0.2, 0) is 16.1 Å². The summed E-state index contributed by atoms with van der Waals surface area (Å²) in [7, 11) is 0. The SMILES string of the molecule is CC(=O)[C@H](CC(C)(C)C)NC[C@@H](CC(C)(C)C)NC(=O)OCc1ccccc1. The smallest absolute Gasteiger partial charge is 0.407 e. The highest BCUT2D eigenvalue weighted by atomic mass is 16.5. The highest BCUT2D eigenvalue weighted by molar-refractivity contribution is 5.81. The van der Waals surface area contributed by atoms with Crippen molar-refractivity contribution < 1.29 is 14.3 Å². The molecule has 0 spiro atoms. The molecule has 2 N–H and O–H groups in total. The third-order valence-corrected chi connectivity index (χ3v) is 4.31. The van der Waals surface area contributed by atoms with Crippen LogP contribution in [0.3, 0.4) is 0 Å². The number of rotatable bonds is 9. The van der Waals surface area contributed by atoms with Gasteiger partial charge in [0, 0.05) is 12.6 Å². The van der Waals surface area contributed by atoms with Gasteiger partial charge in [-0.25, -0.2) is 4.79 Å². The number of amides is 1. The molecule has 0 aliphatic rings. The molecule has 1 amide bonds. The number of hydrogen-bond acceptors (Lipinski definition) is 4. The van der Waals surface area contributed by atoms with Crippen LogP contribution in [0.15, 0.2) is 30.3 Å². The zero-order valence-corrected chi connectivity index (χ0v) is 18.6. The first kappa shape index (κ1) is 24.2. The highest BCUT2D eigenvalue weighted by Crippen LogP contribution is 2.23. The van der Waals surface area contributed by atoms with Gasteiger partial charge in [-0.2, -0.15) is 0 Å². The molecule has 5 nitrogen and oxygen atoms in total. The molecule has 0 heterocycles. The number of Topliss-reactive ketones (excluding diaryl/α,β-unsaturated/α-hetero) is 1. The Morgan fingerprint density at radius 2 is 1.54 bits per heavy atom. The van der Waals surface area contributed by atoms with Crippen LogP contribution in [0.25, 0.3) is 0 Å². The number of carbonyl (C=O) groups excluding carboxylic acids is 2. The molecule has 5 heteroatoms. The minimum atomic E-state index is -0.435. The molecular formula is C23H38N2O3. The summed E-state index contributed by atoms with van der Waals surface area (Å²) < 4.78 is 5.36. The maximum Gasteiger partial charge on any atom is 0.407 e. The van der Waals surface area contributed by atoms with Crippen LogP contribution in [-0.4, -0.2) is 30.5 Å². The molecule has 0 saturated heterocycles. The maximum atomic E-state index is 12.3. The number of carbonyl (C=O) groups is 2. The number of nitrogens with one attached hydrogen (secondary N) is 2. The predicted octanol–water partition coefficient (Wildman–Crippen LogP) is 4.70. The van der Waals surface area contributed by atoms with E-state index < -0.39 is 6.09 Å². The van der Waals surface area contributed by atoms with Crippen LogP contribution in [0, 0.1) is 10.8 Å². The summed E-state index contributed by atoms with van der Waals surface area (Å²) >= 11 is 0. The van der Waals surface area contributed by atoms with Crippen LogP contribution in [0.2, 0.25) is 0 Å². The van der Waals surface area contributed by atoms with Gasteiger partial charge in [-0.3, -0.25) is 4.79 Å². The second-order valence-corrected chi connectivity index (χ2v) is 10.0. The Morgan fingerprint density at radius 3 is 2.04 bits per heavy atom. The fourth-order valence-corrected chi connectivity index (χ4v) is 3.10. The molecule has 0 fully saturated rings. The predicted molar refractivity (Wildman–Crippen MR) is 114 cm³/mol. The standard InChI is InChI=1S/C23H38N2O3/c1-17(26)20(14-23(5,6)7)24-15-19(13-22(2,3)4)25-21(27)28-16-18-11-9-8-10-12-18/h8-12,19-20,24H,13-16H2,1-7H3,(H,25,27)/t19-,20+/m1/s1. The van der Waals surface area contributed by atoms with Crippen molar-refractivity contribution in [2.24, 2.45) is 10.8 Å². The van der Waals surface area contributed by atoms with Crippen molar-refractivity contribution in [3.8, 4) is 0 Å². The van der Waals surface area contributed by atoms with Gasteiger partial charge in [-0.15, -0.1) is 0 Å². The summed E-state index contributed by atoms with van der Waals surface area (Å²) in [5.41, 5.74) is 1.03. The van der Waals surface area contributed by atoms with Crippen LogP contribution in [0.5, 0.6) is 0 Å². The van der Waals surface area contributed by atoms with Gasteiger partial charge in [0.05, 0.1) is 6.04 Å². The zero-order valence-electron chi connectivity index (χ0n) is 18.6. The quantitative estimate of drug-likeness (QED) is 0.641. The summed E-state index contributed by atoms with van der Waals surface area (Å²) in [6, 6.07) is 9.27. The van der Waals surface area contributed by atoms with Gasteiger partial charge in [-0.05, 0) is 36.2 Å². The van der Waals surface area contributed by atoms with Crippen molar-refractivity contribution in [1.82, 2.24) is 10.6 Å². The minimum absolute atomic E-state index is 0.0365. The van der Waals surface area contributed by atoms with E-state index in [-0.39, 0.29) is 35.3 Å². The van der Waals surface area contributed by atoms with Crippen molar-refractivity contribution >= 4 is 11.9 Å². The number of ketones is 1. The summed E-state index contributed by atoms with van der Waals surface area (Å²) in [5.74, 6) is 0.121. The Bertz CT molecular complexity index is 615. The molecule has 1 rings (SSSR count). The summed E-state index contributed by atoms with van der Waals surface area (Å²) in [4.78, 5) is 24.3. The van der Waals surface area contributed by atoms with E-state index >= 15 is 0 Å². The largest absolute Gasteiger partial charge is 0.445 e. The van der Waals surface area contributed by atoms with Gasteiger partial charge in [0.1, 0.15) is 12.4 Å². The van der Waals surface area contributed by atoms with Crippen LogP contribution in [0.4, 0.5) is 4.79 Å². The van der Waals surface area contributed by atoms with E-state index in [2.05, 4.69) is 52.2 Å². The fraction of sp³-hybridized carbons (Fsp3) is 0.652. The third kappa shape index (κ3) is 11.1. The Kier molecular flexibility index (Phi) is 9.15. The molecule has 28 heavy (non-hydrogen) atoms. The summed E-state index contributed by atoms with van der Waals surface area (Å²) in [6.07, 6.45) is 1.10. The van der Waals surface area contributed by atoms with Gasteiger partial charge in [0.25, 0.3) is 0 Å². The van der Waals surface area contributed by atoms with Crippen molar-refractivity contribution in [2.75, 3.05) is 6.54 Å². The van der Waals surface area contributed by atoms with Crippen LogP contribution < -0.4 is 10.6 Å². The minimum Gasteiger partial charge on any atom is -0.445 e. The Hall–Kier alpha value is -1.88. The first-order valence-electron chi connectivity index (χ1n) is 10.1. The molecule has 0 radical (unpaired) electrons. The second kappa shape index (κ2) is 10.6. The fourth-order valence-electron chi connectivity index (χ4n) is 3.10. The molecule has 0 bridgehead atoms. The van der Waals surface area contributed by atoms with E-state index in [1.165, 1.54) is 0 Å². The van der Waals surface area contributed by atoms with Crippen molar-refractivity contribution in [3.63, 3.8) is 0 Å². The molecule has 0 aliphatic heterocycles. The lowest BCUT2D eigenvalue weighted by Crippen LogP contribution is -2.49. The Morgan fingerprint density at radius 1 is 0.964 bits per heavy atom. The average Bonchev–Trinajstić information content (AvgIpc) is 2.55. The van der Waals surface area contributed by atoms with E-state index in [9.17, 15) is 9.59 Å². The van der Waals surface area contributed by atoms with E-state index in [0.717, 1.165) is 18.4 Å². The molecular weight excluding hydrogens is 352 g/mol. The van der Waals surface area contributed by atoms with Crippen molar-refractivity contribution in [2.45, 2.75) is 80.0 Å². The van der Waals surface area contributed by atoms with E-state index in [4.69, 9.17) is 4.74 Å². The van der Waals surface area contributed by atoms with Gasteiger partial charge in [0.15, 0.2) is 0 Å². The number of benzene rings is 1. The van der Waals surface area contributed by atoms with Crippen molar-refractivity contribution in [1.29, 1.82) is 0 Å². The second-order valence-electron chi connectivity index (χ2n) is 10.0. The van der Waals surface area contributed by atoms with Crippen molar-refractivity contribution in [3.05, 3.63) is 35.9 Å². The van der Waals surface area contributed by atoms with E-state index in [0.29, 0.717) is 6.54 Å². The van der Waals surface area contributed by atoms with E-state index in [1.54, 1.807) is 6.92 Å². The van der Waals surface area contributed by atoms with Gasteiger partial charge >= 0.3 is 6.09 Å². The molecule has 0 unspecified atom stereocenters. The highest BCUT2D eigenvalue weighted by Gasteiger charge is 2.25. The molecule has 1 aromatic carbocycles. The number of ether oxygens (including phenoxy) is 1. The molecule has 0 aliphatic carbocycles. The van der Waals surface area contributed by atoms with Gasteiger partial charge < -0.3 is 15.4 Å². The summed E-state index contributed by atoms with van der Waals surface area (Å²) in [5, 5.41) is 6.32. The van der Waals surface area contributed by atoms with Gasteiger partial charge in [0.2, 0.25) is 0 Å². The lowest BCUT2D eigenvalue weighted by molar-refractivity contribution is -0.119. The average molecular weight is 391 g/mol. The van der Waals surface area contributed by atoms with Crippen LogP contribution >= 0.6 is 0 Å². The number of alkyl carbamates (subject to hydrolysis) is 1. The topological polar surface area (TPSA) is 67.4 Å². The van der Waals surface area contributed by atoms with E-state index in [1.807, 2.05) is 30.3 Å². The third-order valence-electron chi connectivity index (χ3n) is 4.31. The molecule has 0 aromatic heterocycles. The van der Waals surface area contributed by atoms with Crippen LogP contribution in [0.1, 0.15) is 66.9 Å². The first-order valence-corrected chi connectivity index (χ1v) is 10.1. The molecule has 0 saturated carbocycles. The monoisotopic (exact) mass is 390 g/mol. The summed E-state index contributed by atoms with van der Waals surface area (Å²) in [6.45, 7) is 15.1. The lowest BCUT2D eigenvalue weighted by Gasteiger charge is -2.30. The molecule has 2 atom stereocenters.